The van der Waals surface area contributed by atoms with Crippen molar-refractivity contribution in [3.8, 4) is 0 Å². The summed E-state index contributed by atoms with van der Waals surface area (Å²) in [5, 5.41) is 0. The number of ether oxygens (including phenoxy) is 1. The van der Waals surface area contributed by atoms with E-state index in [9.17, 15) is 9.59 Å². The van der Waals surface area contributed by atoms with Crippen molar-refractivity contribution < 1.29 is 14.3 Å². The molecule has 0 saturated heterocycles. The number of benzene rings is 2. The summed E-state index contributed by atoms with van der Waals surface area (Å²) in [5.41, 5.74) is 5.04. The normalized spacial score (nSPS) is 20.4. The summed E-state index contributed by atoms with van der Waals surface area (Å²) in [6.45, 7) is 8.24. The summed E-state index contributed by atoms with van der Waals surface area (Å²) in [4.78, 5) is 25.9. The fraction of sp³-hybridized carbons (Fsp3) is 0.440. The molecule has 0 radical (unpaired) electrons. The first-order chi connectivity index (χ1) is 13.4. The highest BCUT2D eigenvalue weighted by Crippen LogP contribution is 2.34. The van der Waals surface area contributed by atoms with Crippen LogP contribution in [0.15, 0.2) is 42.5 Å². The Morgan fingerprint density at radius 3 is 2.25 bits per heavy atom. The fourth-order valence-electron chi connectivity index (χ4n) is 4.60. The number of hydrogen-bond acceptors (Lipinski definition) is 3. The topological polar surface area (TPSA) is 43.4 Å². The Balaban J connectivity index is 1.92. The maximum absolute atomic E-state index is 13.2. The first kappa shape index (κ1) is 20.3. The van der Waals surface area contributed by atoms with E-state index in [-0.39, 0.29) is 11.9 Å². The Kier molecular flexibility index (Phi) is 6.33. The Labute approximate surface area is 168 Å². The molecule has 2 aromatic rings. The van der Waals surface area contributed by atoms with Gasteiger partial charge in [-0.3, -0.25) is 9.59 Å². The molecular weight excluding hydrogens is 348 g/mol. The molecule has 0 heterocycles. The van der Waals surface area contributed by atoms with Crippen molar-refractivity contribution in [1.29, 1.82) is 0 Å². The van der Waals surface area contributed by atoms with Crippen LogP contribution in [0.1, 0.15) is 66.3 Å². The zero-order valence-corrected chi connectivity index (χ0v) is 17.3. The Morgan fingerprint density at radius 1 is 1.00 bits per heavy atom. The molecule has 0 amide bonds. The van der Waals surface area contributed by atoms with Gasteiger partial charge in [-0.2, -0.15) is 0 Å². The van der Waals surface area contributed by atoms with Gasteiger partial charge >= 0.3 is 11.9 Å². The van der Waals surface area contributed by atoms with E-state index in [0.29, 0.717) is 5.92 Å². The lowest BCUT2D eigenvalue weighted by Gasteiger charge is -2.26. The highest BCUT2D eigenvalue weighted by atomic mass is 16.6. The lowest BCUT2D eigenvalue weighted by Crippen LogP contribution is -2.29. The number of carbonyl (C=O) groups excluding carboxylic acids is 2. The van der Waals surface area contributed by atoms with Crippen LogP contribution < -0.4 is 0 Å². The quantitative estimate of drug-likeness (QED) is 0.511. The van der Waals surface area contributed by atoms with Crippen LogP contribution in [0, 0.1) is 32.6 Å². The number of carbonyl (C=O) groups is 2. The van der Waals surface area contributed by atoms with Gasteiger partial charge in [-0.25, -0.2) is 0 Å². The van der Waals surface area contributed by atoms with Crippen molar-refractivity contribution in [3.05, 3.63) is 70.3 Å². The smallest absolute Gasteiger partial charge is 0.325 e. The molecule has 0 aromatic heterocycles. The SMILES string of the molecule is Cc1cc(C)c(C(C(=O)OC(=O)C2CCCC(C)C2)c2ccccc2)c(C)c1. The van der Waals surface area contributed by atoms with Crippen molar-refractivity contribution in [2.24, 2.45) is 11.8 Å². The van der Waals surface area contributed by atoms with Crippen LogP contribution in [0.3, 0.4) is 0 Å². The lowest BCUT2D eigenvalue weighted by atomic mass is 9.82. The zero-order valence-electron chi connectivity index (χ0n) is 17.3. The first-order valence-corrected chi connectivity index (χ1v) is 10.2. The third-order valence-corrected chi connectivity index (χ3v) is 5.87. The van der Waals surface area contributed by atoms with Crippen LogP contribution in [0.2, 0.25) is 0 Å². The fourth-order valence-corrected chi connectivity index (χ4v) is 4.60. The average Bonchev–Trinajstić information content (AvgIpc) is 2.65. The third-order valence-electron chi connectivity index (χ3n) is 5.87. The predicted molar refractivity (Wildman–Crippen MR) is 111 cm³/mol. The molecule has 0 spiro atoms. The zero-order chi connectivity index (χ0) is 20.3. The molecular formula is C25H30O3. The van der Waals surface area contributed by atoms with Crippen LogP contribution in [0.5, 0.6) is 0 Å². The molecule has 3 heteroatoms. The van der Waals surface area contributed by atoms with E-state index in [1.165, 1.54) is 0 Å². The summed E-state index contributed by atoms with van der Waals surface area (Å²) in [7, 11) is 0. The minimum absolute atomic E-state index is 0.163. The minimum atomic E-state index is -0.591. The van der Waals surface area contributed by atoms with Gasteiger partial charge in [0.05, 0.1) is 5.92 Å². The van der Waals surface area contributed by atoms with E-state index in [4.69, 9.17) is 4.74 Å². The monoisotopic (exact) mass is 378 g/mol. The summed E-state index contributed by atoms with van der Waals surface area (Å²) < 4.78 is 5.47. The molecule has 3 nitrogen and oxygen atoms in total. The van der Waals surface area contributed by atoms with E-state index in [1.54, 1.807) is 0 Å². The summed E-state index contributed by atoms with van der Waals surface area (Å²) in [5.74, 6) is -1.08. The Morgan fingerprint density at radius 2 is 1.64 bits per heavy atom. The van der Waals surface area contributed by atoms with E-state index in [1.807, 2.05) is 51.1 Å². The predicted octanol–water partition coefficient (Wildman–Crippen LogP) is 5.64. The van der Waals surface area contributed by atoms with Crippen LogP contribution >= 0.6 is 0 Å². The average molecular weight is 379 g/mol. The van der Waals surface area contributed by atoms with E-state index < -0.39 is 11.9 Å². The maximum atomic E-state index is 13.2. The number of hydrogen-bond donors (Lipinski definition) is 0. The largest absolute Gasteiger partial charge is 0.392 e. The molecule has 1 aliphatic carbocycles. The molecule has 3 atom stereocenters. The van der Waals surface area contributed by atoms with Gasteiger partial charge in [0.25, 0.3) is 0 Å². The molecule has 0 N–H and O–H groups in total. The Bertz CT molecular complexity index is 830. The molecule has 1 fully saturated rings. The maximum Gasteiger partial charge on any atom is 0.325 e. The highest BCUT2D eigenvalue weighted by Gasteiger charge is 2.33. The number of rotatable bonds is 4. The van der Waals surface area contributed by atoms with E-state index >= 15 is 0 Å². The van der Waals surface area contributed by atoms with Gasteiger partial charge in [0.2, 0.25) is 0 Å². The van der Waals surface area contributed by atoms with Crippen molar-refractivity contribution in [2.75, 3.05) is 0 Å². The third kappa shape index (κ3) is 4.52. The van der Waals surface area contributed by atoms with Crippen LogP contribution in [-0.4, -0.2) is 11.9 Å². The molecule has 1 aliphatic rings. The van der Waals surface area contributed by atoms with Crippen molar-refractivity contribution in [2.45, 2.75) is 59.3 Å². The lowest BCUT2D eigenvalue weighted by molar-refractivity contribution is -0.164. The highest BCUT2D eigenvalue weighted by molar-refractivity contribution is 5.92. The molecule has 0 bridgehead atoms. The van der Waals surface area contributed by atoms with Gasteiger partial charge in [-0.15, -0.1) is 0 Å². The van der Waals surface area contributed by atoms with Crippen LogP contribution in [0.4, 0.5) is 0 Å². The van der Waals surface area contributed by atoms with Gasteiger partial charge in [-0.05, 0) is 61.8 Å². The second-order valence-electron chi connectivity index (χ2n) is 8.36. The molecule has 0 aliphatic heterocycles. The van der Waals surface area contributed by atoms with Crippen molar-refractivity contribution >= 4 is 11.9 Å². The molecule has 2 aromatic carbocycles. The summed E-state index contributed by atoms with van der Waals surface area (Å²) >= 11 is 0. The number of esters is 2. The van der Waals surface area contributed by atoms with E-state index in [0.717, 1.165) is 53.5 Å². The first-order valence-electron chi connectivity index (χ1n) is 10.2. The van der Waals surface area contributed by atoms with Gasteiger partial charge in [0.1, 0.15) is 5.92 Å². The second-order valence-corrected chi connectivity index (χ2v) is 8.36. The molecule has 3 unspecified atom stereocenters. The standard InChI is InChI=1S/C25H30O3/c1-16-9-8-12-21(15-16)24(26)28-25(27)23(20-10-6-5-7-11-20)22-18(3)13-17(2)14-19(22)4/h5-7,10-11,13-14,16,21,23H,8-9,12,15H2,1-4H3. The molecule has 148 valence electrons. The second kappa shape index (κ2) is 8.72. The van der Waals surface area contributed by atoms with E-state index in [2.05, 4.69) is 19.1 Å². The van der Waals surface area contributed by atoms with Crippen LogP contribution in [-0.2, 0) is 14.3 Å². The summed E-state index contributed by atoms with van der Waals surface area (Å²) in [6, 6.07) is 13.8. The van der Waals surface area contributed by atoms with Gasteiger partial charge in [0.15, 0.2) is 0 Å². The Hall–Kier alpha value is -2.42. The van der Waals surface area contributed by atoms with Crippen molar-refractivity contribution in [3.63, 3.8) is 0 Å². The van der Waals surface area contributed by atoms with Gasteiger partial charge < -0.3 is 4.74 Å². The molecule has 3 rings (SSSR count). The minimum Gasteiger partial charge on any atom is -0.392 e. The van der Waals surface area contributed by atoms with Crippen molar-refractivity contribution in [1.82, 2.24) is 0 Å². The van der Waals surface area contributed by atoms with Gasteiger partial charge in [0, 0.05) is 0 Å². The molecule has 1 saturated carbocycles. The van der Waals surface area contributed by atoms with Gasteiger partial charge in [-0.1, -0.05) is 67.8 Å². The van der Waals surface area contributed by atoms with Crippen LogP contribution in [0.25, 0.3) is 0 Å². The number of aryl methyl sites for hydroxylation is 3. The molecule has 28 heavy (non-hydrogen) atoms. The summed E-state index contributed by atoms with van der Waals surface area (Å²) in [6.07, 6.45) is 3.79.